The van der Waals surface area contributed by atoms with Crippen molar-refractivity contribution in [3.05, 3.63) is 34.6 Å². The molecule has 0 saturated heterocycles. The molecule has 0 saturated carbocycles. The Bertz CT molecular complexity index is 230. The summed E-state index contributed by atoms with van der Waals surface area (Å²) in [6.45, 7) is 0. The fourth-order valence-corrected chi connectivity index (χ4v) is 1.43. The zero-order chi connectivity index (χ0) is 8.27. The number of benzene rings is 1. The van der Waals surface area contributed by atoms with Crippen LogP contribution in [0.15, 0.2) is 18.2 Å². The second kappa shape index (κ2) is 3.88. The molecule has 0 bridgehead atoms. The minimum atomic E-state index is -0.271. The summed E-state index contributed by atoms with van der Waals surface area (Å²) >= 11 is 5.63. The Kier molecular flexibility index (Phi) is 3.09. The van der Waals surface area contributed by atoms with E-state index in [9.17, 15) is 4.39 Å². The van der Waals surface area contributed by atoms with Crippen molar-refractivity contribution in [3.8, 4) is 0 Å². The van der Waals surface area contributed by atoms with Crippen molar-refractivity contribution in [2.75, 3.05) is 0 Å². The van der Waals surface area contributed by atoms with Gasteiger partial charge in [-0.05, 0) is 30.2 Å². The van der Waals surface area contributed by atoms with Crippen molar-refractivity contribution in [2.45, 2.75) is 12.5 Å². The average molecular weight is 186 g/mol. The first-order valence-electron chi connectivity index (χ1n) is 3.32. The second-order valence-electron chi connectivity index (χ2n) is 2.28. The fraction of sp³-hybridized carbons (Fsp3) is 0.250. The normalized spacial score (nSPS) is 10.1. The minimum Gasteiger partial charge on any atom is -0.207 e. The summed E-state index contributed by atoms with van der Waals surface area (Å²) < 4.78 is 12.7. The van der Waals surface area contributed by atoms with Gasteiger partial charge in [0.25, 0.3) is 0 Å². The highest BCUT2D eigenvalue weighted by atomic mass is 35.5. The van der Waals surface area contributed by atoms with Gasteiger partial charge >= 0.3 is 0 Å². The van der Waals surface area contributed by atoms with Crippen LogP contribution in [-0.4, -0.2) is 10.2 Å². The topological polar surface area (TPSA) is 0 Å². The van der Waals surface area contributed by atoms with Crippen molar-refractivity contribution in [2.24, 2.45) is 0 Å². The van der Waals surface area contributed by atoms with E-state index in [1.165, 1.54) is 12.1 Å². The maximum absolute atomic E-state index is 12.7. The first kappa shape index (κ1) is 8.75. The molecule has 0 nitrogen and oxygen atoms in total. The number of halogens is 2. The Hall–Kier alpha value is -0.343. The Morgan fingerprint density at radius 3 is 2.64 bits per heavy atom. The molecule has 1 aromatic carbocycles. The van der Waals surface area contributed by atoms with Crippen molar-refractivity contribution in [1.29, 1.82) is 0 Å². The summed E-state index contributed by atoms with van der Waals surface area (Å²) in [6.07, 6.45) is 0.800. The van der Waals surface area contributed by atoms with Gasteiger partial charge in [-0.3, -0.25) is 0 Å². The van der Waals surface area contributed by atoms with Gasteiger partial charge in [-0.1, -0.05) is 17.6 Å². The average Bonchev–Trinajstić information content (AvgIpc) is 1.85. The molecule has 1 aromatic rings. The SMILES string of the molecule is Fc1cc(Cl)cc(CC[Si])c1. The number of aryl methyl sites for hydroxylation is 1. The van der Waals surface area contributed by atoms with Crippen LogP contribution < -0.4 is 0 Å². The molecule has 0 amide bonds. The van der Waals surface area contributed by atoms with Crippen LogP contribution in [0, 0.1) is 5.82 Å². The molecule has 0 spiro atoms. The molecule has 0 N–H and O–H groups in total. The van der Waals surface area contributed by atoms with Crippen molar-refractivity contribution < 1.29 is 4.39 Å². The van der Waals surface area contributed by atoms with Crippen LogP contribution in [-0.2, 0) is 6.42 Å². The molecule has 1 rings (SSSR count). The molecule has 0 aliphatic rings. The highest BCUT2D eigenvalue weighted by molar-refractivity contribution is 6.30. The molecule has 0 atom stereocenters. The highest BCUT2D eigenvalue weighted by Gasteiger charge is 1.97. The monoisotopic (exact) mass is 185 g/mol. The molecule has 0 aliphatic heterocycles. The van der Waals surface area contributed by atoms with Gasteiger partial charge in [0.15, 0.2) is 0 Å². The molecular weight excluding hydrogens is 179 g/mol. The smallest absolute Gasteiger partial charge is 0.124 e. The first-order chi connectivity index (χ1) is 5.22. The van der Waals surface area contributed by atoms with Gasteiger partial charge in [0, 0.05) is 15.3 Å². The Morgan fingerprint density at radius 2 is 2.09 bits per heavy atom. The van der Waals surface area contributed by atoms with E-state index in [0.29, 0.717) is 5.02 Å². The predicted octanol–water partition coefficient (Wildman–Crippen LogP) is 2.61. The van der Waals surface area contributed by atoms with Gasteiger partial charge in [0.1, 0.15) is 5.82 Å². The van der Waals surface area contributed by atoms with Gasteiger partial charge in [-0.15, -0.1) is 0 Å². The lowest BCUT2D eigenvalue weighted by Gasteiger charge is -1.98. The van der Waals surface area contributed by atoms with E-state index in [-0.39, 0.29) is 5.82 Å². The maximum atomic E-state index is 12.7. The standard InChI is InChI=1S/C8H7ClFSi/c9-7-3-6(1-2-11)4-8(10)5-7/h3-5H,1-2H2. The predicted molar refractivity (Wildman–Crippen MR) is 45.7 cm³/mol. The molecule has 3 heteroatoms. The van der Waals surface area contributed by atoms with Crippen LogP contribution in [0.3, 0.4) is 0 Å². The summed E-state index contributed by atoms with van der Waals surface area (Å²) in [5.41, 5.74) is 0.921. The molecule has 0 heterocycles. The summed E-state index contributed by atoms with van der Waals surface area (Å²) in [5.74, 6) is -0.271. The van der Waals surface area contributed by atoms with E-state index >= 15 is 0 Å². The largest absolute Gasteiger partial charge is 0.207 e. The summed E-state index contributed by atoms with van der Waals surface area (Å²) in [4.78, 5) is 0. The Labute approximate surface area is 73.8 Å². The first-order valence-corrected chi connectivity index (χ1v) is 4.40. The van der Waals surface area contributed by atoms with Crippen LogP contribution in [0.25, 0.3) is 0 Å². The third kappa shape index (κ3) is 2.64. The Balaban J connectivity index is 2.89. The zero-order valence-corrected chi connectivity index (χ0v) is 7.66. The number of hydrogen-bond donors (Lipinski definition) is 0. The van der Waals surface area contributed by atoms with Crippen molar-refractivity contribution >= 4 is 21.8 Å². The van der Waals surface area contributed by atoms with Crippen LogP contribution in [0.2, 0.25) is 11.1 Å². The third-order valence-corrected chi connectivity index (χ3v) is 1.80. The van der Waals surface area contributed by atoms with Gasteiger partial charge in [0.2, 0.25) is 0 Å². The third-order valence-electron chi connectivity index (χ3n) is 1.34. The van der Waals surface area contributed by atoms with Crippen LogP contribution in [0.1, 0.15) is 5.56 Å². The van der Waals surface area contributed by atoms with E-state index in [4.69, 9.17) is 11.6 Å². The lowest BCUT2D eigenvalue weighted by molar-refractivity contribution is 0.626. The van der Waals surface area contributed by atoms with E-state index in [2.05, 4.69) is 10.2 Å². The van der Waals surface area contributed by atoms with Gasteiger partial charge in [-0.2, -0.15) is 0 Å². The Morgan fingerprint density at radius 1 is 1.36 bits per heavy atom. The molecule has 0 aliphatic carbocycles. The van der Waals surface area contributed by atoms with Crippen molar-refractivity contribution in [1.82, 2.24) is 0 Å². The van der Waals surface area contributed by atoms with E-state index in [1.807, 2.05) is 0 Å². The summed E-state index contributed by atoms with van der Waals surface area (Å²) in [7, 11) is 3.31. The molecule has 0 aromatic heterocycles. The summed E-state index contributed by atoms with van der Waals surface area (Å²) in [6, 6.07) is 5.38. The maximum Gasteiger partial charge on any atom is 0.124 e. The lowest BCUT2D eigenvalue weighted by Crippen LogP contribution is -1.85. The van der Waals surface area contributed by atoms with Gasteiger partial charge < -0.3 is 0 Å². The molecular formula is C8H7ClFSi. The van der Waals surface area contributed by atoms with Crippen molar-refractivity contribution in [3.63, 3.8) is 0 Å². The van der Waals surface area contributed by atoms with Gasteiger partial charge in [-0.25, -0.2) is 4.39 Å². The van der Waals surface area contributed by atoms with Gasteiger partial charge in [0.05, 0.1) is 0 Å². The summed E-state index contributed by atoms with van der Waals surface area (Å²) in [5, 5.41) is 0.458. The molecule has 57 valence electrons. The molecule has 0 unspecified atom stereocenters. The fourth-order valence-electron chi connectivity index (χ4n) is 0.900. The van der Waals surface area contributed by atoms with Crippen LogP contribution >= 0.6 is 11.6 Å². The van der Waals surface area contributed by atoms with Crippen LogP contribution in [0.5, 0.6) is 0 Å². The quantitative estimate of drug-likeness (QED) is 0.622. The zero-order valence-electron chi connectivity index (χ0n) is 5.90. The van der Waals surface area contributed by atoms with E-state index in [0.717, 1.165) is 18.0 Å². The van der Waals surface area contributed by atoms with Crippen LogP contribution in [0.4, 0.5) is 4.39 Å². The minimum absolute atomic E-state index is 0.271. The lowest BCUT2D eigenvalue weighted by atomic mass is 10.2. The molecule has 11 heavy (non-hydrogen) atoms. The van der Waals surface area contributed by atoms with E-state index < -0.39 is 0 Å². The van der Waals surface area contributed by atoms with E-state index in [1.54, 1.807) is 6.07 Å². The molecule has 3 radical (unpaired) electrons. The second-order valence-corrected chi connectivity index (χ2v) is 3.21. The number of hydrogen-bond acceptors (Lipinski definition) is 0. The highest BCUT2D eigenvalue weighted by Crippen LogP contribution is 2.14. The molecule has 0 fully saturated rings. The number of rotatable bonds is 2.